The van der Waals surface area contributed by atoms with Crippen molar-refractivity contribution in [1.82, 2.24) is 30.1 Å². The zero-order chi connectivity index (χ0) is 26.8. The third-order valence-electron chi connectivity index (χ3n) is 5.96. The van der Waals surface area contributed by atoms with Crippen molar-refractivity contribution in [1.29, 1.82) is 0 Å². The van der Waals surface area contributed by atoms with Gasteiger partial charge in [0.25, 0.3) is 5.91 Å². The topological polar surface area (TPSA) is 205 Å². The quantitative estimate of drug-likeness (QED) is 0.0689. The molecule has 0 aromatic heterocycles. The maximum atomic E-state index is 13.3. The summed E-state index contributed by atoms with van der Waals surface area (Å²) in [5.41, 5.74) is -2.09. The van der Waals surface area contributed by atoms with E-state index in [4.69, 9.17) is 0 Å². The number of nitrogens with zero attached hydrogens (tertiary/aromatic N) is 3. The van der Waals surface area contributed by atoms with Crippen LogP contribution in [0.1, 0.15) is 25.5 Å². The minimum Gasteiger partial charge on any atom is -0.731 e. The van der Waals surface area contributed by atoms with Crippen molar-refractivity contribution in [2.45, 2.75) is 31.6 Å². The van der Waals surface area contributed by atoms with Crippen molar-refractivity contribution in [2.24, 2.45) is 0 Å². The SMILES string of the molecule is CCN1CCN(C(=O)NC(C(=O)NC2(NC=O)C(=O)N(S(=O)(=O)[O-])C2C)c2ccccc2)C(=O)C1=O.[K+]. The van der Waals surface area contributed by atoms with Gasteiger partial charge in [0, 0.05) is 19.6 Å². The first-order valence-corrected chi connectivity index (χ1v) is 12.0. The van der Waals surface area contributed by atoms with Crippen molar-refractivity contribution in [3.63, 3.8) is 0 Å². The molecule has 0 aliphatic carbocycles. The molecule has 1 aromatic rings. The van der Waals surface area contributed by atoms with Crippen LogP contribution in [-0.2, 0) is 34.3 Å². The number of benzene rings is 1. The number of rotatable bonds is 8. The van der Waals surface area contributed by atoms with Crippen LogP contribution in [0, 0.1) is 0 Å². The molecule has 0 bridgehead atoms. The Morgan fingerprint density at radius 2 is 1.78 bits per heavy atom. The molecule has 194 valence electrons. The number of imide groups is 1. The van der Waals surface area contributed by atoms with Gasteiger partial charge in [-0.15, -0.1) is 0 Å². The van der Waals surface area contributed by atoms with Gasteiger partial charge in [-0.3, -0.25) is 28.9 Å². The number of carbonyl (C=O) groups is 6. The van der Waals surface area contributed by atoms with Crippen LogP contribution < -0.4 is 67.3 Å². The molecule has 2 aliphatic rings. The van der Waals surface area contributed by atoms with E-state index in [2.05, 4.69) is 10.6 Å². The van der Waals surface area contributed by atoms with Gasteiger partial charge >= 0.3 is 69.2 Å². The smallest absolute Gasteiger partial charge is 0.731 e. The molecular weight excluding hydrogens is 539 g/mol. The summed E-state index contributed by atoms with van der Waals surface area (Å²) < 4.78 is 34.1. The molecule has 37 heavy (non-hydrogen) atoms. The zero-order valence-corrected chi connectivity index (χ0v) is 24.1. The van der Waals surface area contributed by atoms with E-state index >= 15 is 0 Å². The van der Waals surface area contributed by atoms with Crippen LogP contribution in [0.4, 0.5) is 4.79 Å². The number of likely N-dealkylation sites (N-methyl/N-ethyl adjacent to an activating group) is 1. The fourth-order valence-corrected chi connectivity index (χ4v) is 4.88. The largest absolute Gasteiger partial charge is 1.00 e. The van der Waals surface area contributed by atoms with E-state index in [0.29, 0.717) is 4.90 Å². The summed E-state index contributed by atoms with van der Waals surface area (Å²) in [6.45, 7) is 3.01. The van der Waals surface area contributed by atoms with E-state index in [1.807, 2.05) is 5.32 Å². The number of amides is 7. The second kappa shape index (κ2) is 12.0. The number of hydrogen-bond donors (Lipinski definition) is 3. The maximum Gasteiger partial charge on any atom is 1.00 e. The molecule has 2 fully saturated rings. The van der Waals surface area contributed by atoms with Gasteiger partial charge in [-0.2, -0.15) is 0 Å². The summed E-state index contributed by atoms with van der Waals surface area (Å²) >= 11 is 0. The summed E-state index contributed by atoms with van der Waals surface area (Å²) in [7, 11) is -5.24. The first-order valence-electron chi connectivity index (χ1n) is 10.7. The molecule has 0 saturated carbocycles. The average molecular weight is 563 g/mol. The van der Waals surface area contributed by atoms with Crippen LogP contribution in [0.15, 0.2) is 30.3 Å². The Bertz CT molecular complexity index is 1210. The van der Waals surface area contributed by atoms with Gasteiger partial charge in [0.15, 0.2) is 10.3 Å². The predicted molar refractivity (Wildman–Crippen MR) is 118 cm³/mol. The van der Waals surface area contributed by atoms with Crippen LogP contribution in [0.5, 0.6) is 0 Å². The maximum absolute atomic E-state index is 13.3. The van der Waals surface area contributed by atoms with E-state index in [1.165, 1.54) is 17.0 Å². The summed E-state index contributed by atoms with van der Waals surface area (Å²) in [5, 5.41) is 6.58. The van der Waals surface area contributed by atoms with Crippen LogP contribution in [0.3, 0.4) is 0 Å². The third-order valence-corrected chi connectivity index (χ3v) is 6.93. The molecule has 0 spiro atoms. The molecule has 15 nitrogen and oxygen atoms in total. The Morgan fingerprint density at radius 3 is 2.30 bits per heavy atom. The van der Waals surface area contributed by atoms with Crippen LogP contribution in [0.25, 0.3) is 0 Å². The normalized spacial score (nSPS) is 22.4. The van der Waals surface area contributed by atoms with Crippen LogP contribution >= 0.6 is 0 Å². The third kappa shape index (κ3) is 5.87. The van der Waals surface area contributed by atoms with Gasteiger partial charge in [-0.25, -0.2) is 17.5 Å². The van der Waals surface area contributed by atoms with Gasteiger partial charge in [0.2, 0.25) is 18.0 Å². The number of carbonyl (C=O) groups excluding carboxylic acids is 6. The number of β-lactam (4-membered cyclic amide) rings is 1. The standard InChI is InChI=1S/C20H24N6O9S.K/c1-3-24-9-10-25(17(30)16(24)29)19(32)22-14(13-7-5-4-6-8-13)15(28)23-20(21-11-27)12(2)26(18(20)31)36(33,34)35;/h4-8,11-12,14H,3,9-10H2,1-2H3,(H,21,27)(H,22,32)(H,23,28)(H,33,34,35);/q;+1/p-1. The second-order valence-electron chi connectivity index (χ2n) is 7.93. The second-order valence-corrected chi connectivity index (χ2v) is 9.18. The van der Waals surface area contributed by atoms with E-state index in [-0.39, 0.29) is 87.3 Å². The predicted octanol–water partition coefficient (Wildman–Crippen LogP) is -5.62. The summed E-state index contributed by atoms with van der Waals surface area (Å²) in [6, 6.07) is 3.50. The molecule has 3 rings (SSSR count). The van der Waals surface area contributed by atoms with Crippen molar-refractivity contribution >= 4 is 46.4 Å². The Labute approximate surface area is 254 Å². The van der Waals surface area contributed by atoms with Crippen LogP contribution in [0.2, 0.25) is 0 Å². The Hall–Kier alpha value is -2.41. The first kappa shape index (κ1) is 30.8. The van der Waals surface area contributed by atoms with Gasteiger partial charge in [-0.1, -0.05) is 30.3 Å². The van der Waals surface area contributed by atoms with Gasteiger partial charge in [0.05, 0.1) is 6.04 Å². The fraction of sp³-hybridized carbons (Fsp3) is 0.400. The molecule has 3 N–H and O–H groups in total. The van der Waals surface area contributed by atoms with Gasteiger partial charge in [-0.05, 0) is 19.4 Å². The summed E-state index contributed by atoms with van der Waals surface area (Å²) in [4.78, 5) is 76.4. The molecule has 2 heterocycles. The molecular formula is C20H23KN6O9S. The minimum atomic E-state index is -5.24. The molecule has 1 aromatic carbocycles. The zero-order valence-electron chi connectivity index (χ0n) is 20.2. The monoisotopic (exact) mass is 562 g/mol. The van der Waals surface area contributed by atoms with E-state index in [9.17, 15) is 41.7 Å². The van der Waals surface area contributed by atoms with Gasteiger partial charge in [0.1, 0.15) is 6.04 Å². The minimum absolute atomic E-state index is 0. The molecule has 3 unspecified atom stereocenters. The Balaban J connectivity index is 0.00000481. The van der Waals surface area contributed by atoms with Crippen molar-refractivity contribution in [2.75, 3.05) is 19.6 Å². The molecule has 2 saturated heterocycles. The van der Waals surface area contributed by atoms with Crippen molar-refractivity contribution < 1.29 is 93.1 Å². The number of nitrogens with one attached hydrogen (secondary N) is 3. The number of urea groups is 1. The van der Waals surface area contributed by atoms with E-state index in [0.717, 1.165) is 6.92 Å². The first-order chi connectivity index (χ1) is 16.9. The molecule has 2 aliphatic heterocycles. The Kier molecular flexibility index (Phi) is 9.97. The Morgan fingerprint density at radius 1 is 1.16 bits per heavy atom. The number of hydrogen-bond acceptors (Lipinski definition) is 9. The van der Waals surface area contributed by atoms with Crippen molar-refractivity contribution in [3.05, 3.63) is 35.9 Å². The molecule has 3 atom stereocenters. The summed E-state index contributed by atoms with van der Waals surface area (Å²) in [6.07, 6.45) is 0.0387. The molecule has 17 heteroatoms. The van der Waals surface area contributed by atoms with E-state index in [1.54, 1.807) is 25.1 Å². The van der Waals surface area contributed by atoms with Crippen molar-refractivity contribution in [3.8, 4) is 0 Å². The molecule has 0 radical (unpaired) electrons. The summed E-state index contributed by atoms with van der Waals surface area (Å²) in [5.74, 6) is -4.45. The fourth-order valence-electron chi connectivity index (χ4n) is 3.99. The molecule has 7 amide bonds. The van der Waals surface area contributed by atoms with Crippen LogP contribution in [-0.4, -0.2) is 94.5 Å². The number of piperazine rings is 1. The van der Waals surface area contributed by atoms with E-state index < -0.39 is 57.7 Å². The van der Waals surface area contributed by atoms with Gasteiger partial charge < -0.3 is 25.4 Å². The average Bonchev–Trinajstić information content (AvgIpc) is 2.83.